The molecule has 0 radical (unpaired) electrons. The second-order valence-electron chi connectivity index (χ2n) is 4.60. The lowest BCUT2D eigenvalue weighted by Gasteiger charge is -2.17. The first-order valence-corrected chi connectivity index (χ1v) is 6.77. The maximum atomic E-state index is 12.4. The molecule has 0 aliphatic carbocycles. The summed E-state index contributed by atoms with van der Waals surface area (Å²) in [7, 11) is 1.73. The number of fused-ring (bicyclic) bond motifs is 1. The first-order valence-electron chi connectivity index (χ1n) is 6.39. The van der Waals surface area contributed by atoms with Gasteiger partial charge in [-0.3, -0.25) is 14.8 Å². The summed E-state index contributed by atoms with van der Waals surface area (Å²) in [4.78, 5) is 22.5. The summed E-state index contributed by atoms with van der Waals surface area (Å²) < 4.78 is 0. The van der Waals surface area contributed by atoms with E-state index in [4.69, 9.17) is 11.6 Å². The Hall–Kier alpha value is -2.46. The lowest BCUT2D eigenvalue weighted by molar-refractivity contribution is 0.0993. The predicted molar refractivity (Wildman–Crippen MR) is 83.7 cm³/mol. The van der Waals surface area contributed by atoms with Crippen molar-refractivity contribution in [3.05, 3.63) is 65.4 Å². The van der Waals surface area contributed by atoms with E-state index in [1.54, 1.807) is 48.6 Å². The second-order valence-corrected chi connectivity index (χ2v) is 5.04. The van der Waals surface area contributed by atoms with Crippen LogP contribution in [0.5, 0.6) is 0 Å². The van der Waals surface area contributed by atoms with Crippen LogP contribution in [-0.2, 0) is 0 Å². The van der Waals surface area contributed by atoms with Gasteiger partial charge in [0.2, 0.25) is 0 Å². The van der Waals surface area contributed by atoms with Gasteiger partial charge in [0.1, 0.15) is 0 Å². The van der Waals surface area contributed by atoms with Crippen LogP contribution in [0.1, 0.15) is 10.4 Å². The Kier molecular flexibility index (Phi) is 3.54. The SMILES string of the molecule is CN(C(=O)c1ccc(Cl)cc1)c1ccc2nccnc2c1. The Morgan fingerprint density at radius 1 is 1.00 bits per heavy atom. The van der Waals surface area contributed by atoms with Crippen LogP contribution in [0.4, 0.5) is 5.69 Å². The van der Waals surface area contributed by atoms with Crippen LogP contribution < -0.4 is 4.90 Å². The van der Waals surface area contributed by atoms with Crippen molar-refractivity contribution < 1.29 is 4.79 Å². The van der Waals surface area contributed by atoms with Crippen molar-refractivity contribution in [3.8, 4) is 0 Å². The summed E-state index contributed by atoms with van der Waals surface area (Å²) in [6, 6.07) is 12.4. The van der Waals surface area contributed by atoms with Crippen molar-refractivity contribution >= 4 is 34.2 Å². The van der Waals surface area contributed by atoms with E-state index in [2.05, 4.69) is 9.97 Å². The highest BCUT2D eigenvalue weighted by atomic mass is 35.5. The fraction of sp³-hybridized carbons (Fsp3) is 0.0625. The molecule has 2 aromatic carbocycles. The van der Waals surface area contributed by atoms with Crippen LogP contribution >= 0.6 is 11.6 Å². The van der Waals surface area contributed by atoms with Gasteiger partial charge in [-0.2, -0.15) is 0 Å². The number of carbonyl (C=O) groups is 1. The molecule has 0 spiro atoms. The van der Waals surface area contributed by atoms with Crippen LogP contribution in [0.15, 0.2) is 54.9 Å². The molecule has 3 rings (SSSR count). The molecule has 0 aliphatic rings. The molecule has 0 bridgehead atoms. The molecule has 21 heavy (non-hydrogen) atoms. The number of amides is 1. The third kappa shape index (κ3) is 2.71. The van der Waals surface area contributed by atoms with E-state index >= 15 is 0 Å². The summed E-state index contributed by atoms with van der Waals surface area (Å²) in [6.07, 6.45) is 3.28. The third-order valence-electron chi connectivity index (χ3n) is 3.24. The minimum absolute atomic E-state index is 0.102. The topological polar surface area (TPSA) is 46.1 Å². The maximum absolute atomic E-state index is 12.4. The second kappa shape index (κ2) is 5.50. The Morgan fingerprint density at radius 3 is 2.38 bits per heavy atom. The summed E-state index contributed by atoms with van der Waals surface area (Å²) in [6.45, 7) is 0. The fourth-order valence-electron chi connectivity index (χ4n) is 2.06. The molecule has 0 unspecified atom stereocenters. The number of benzene rings is 2. The molecule has 1 amide bonds. The van der Waals surface area contributed by atoms with Crippen molar-refractivity contribution in [3.63, 3.8) is 0 Å². The summed E-state index contributed by atoms with van der Waals surface area (Å²) in [5, 5.41) is 0.607. The molecule has 0 saturated carbocycles. The Bertz CT molecular complexity index is 802. The van der Waals surface area contributed by atoms with E-state index < -0.39 is 0 Å². The molecule has 0 N–H and O–H groups in total. The zero-order chi connectivity index (χ0) is 14.8. The van der Waals surface area contributed by atoms with Crippen LogP contribution in [0.2, 0.25) is 5.02 Å². The highest BCUT2D eigenvalue weighted by Crippen LogP contribution is 2.20. The molecular weight excluding hydrogens is 286 g/mol. The number of rotatable bonds is 2. The van der Waals surface area contributed by atoms with Gasteiger partial charge in [-0.1, -0.05) is 11.6 Å². The molecule has 1 aromatic heterocycles. The van der Waals surface area contributed by atoms with E-state index in [9.17, 15) is 4.79 Å². The van der Waals surface area contributed by atoms with Gasteiger partial charge in [0.05, 0.1) is 11.0 Å². The highest BCUT2D eigenvalue weighted by Gasteiger charge is 2.14. The van der Waals surface area contributed by atoms with Crippen molar-refractivity contribution in [2.45, 2.75) is 0 Å². The predicted octanol–water partition coefficient (Wildman–Crippen LogP) is 3.56. The standard InChI is InChI=1S/C16H12ClN3O/c1-20(16(21)11-2-4-12(17)5-3-11)13-6-7-14-15(10-13)19-9-8-18-14/h2-10H,1H3. The number of halogens is 1. The zero-order valence-electron chi connectivity index (χ0n) is 11.3. The number of hydrogen-bond donors (Lipinski definition) is 0. The molecule has 0 fully saturated rings. The third-order valence-corrected chi connectivity index (χ3v) is 3.49. The molecule has 3 aromatic rings. The fourth-order valence-corrected chi connectivity index (χ4v) is 2.19. The van der Waals surface area contributed by atoms with E-state index in [1.807, 2.05) is 18.2 Å². The number of anilines is 1. The first-order chi connectivity index (χ1) is 10.1. The quantitative estimate of drug-likeness (QED) is 0.726. The van der Waals surface area contributed by atoms with Crippen molar-refractivity contribution in [1.29, 1.82) is 0 Å². The van der Waals surface area contributed by atoms with Gasteiger partial charge in [0, 0.05) is 35.7 Å². The monoisotopic (exact) mass is 297 g/mol. The molecule has 5 heteroatoms. The zero-order valence-corrected chi connectivity index (χ0v) is 12.1. The van der Waals surface area contributed by atoms with E-state index in [-0.39, 0.29) is 5.91 Å². The van der Waals surface area contributed by atoms with Crippen LogP contribution in [0.25, 0.3) is 11.0 Å². The summed E-state index contributed by atoms with van der Waals surface area (Å²) >= 11 is 5.84. The molecule has 0 atom stereocenters. The Morgan fingerprint density at radius 2 is 1.67 bits per heavy atom. The van der Waals surface area contributed by atoms with Gasteiger partial charge >= 0.3 is 0 Å². The minimum atomic E-state index is -0.102. The summed E-state index contributed by atoms with van der Waals surface area (Å²) in [5.74, 6) is -0.102. The largest absolute Gasteiger partial charge is 0.311 e. The van der Waals surface area contributed by atoms with Gasteiger partial charge in [-0.15, -0.1) is 0 Å². The van der Waals surface area contributed by atoms with Crippen molar-refractivity contribution in [2.75, 3.05) is 11.9 Å². The van der Waals surface area contributed by atoms with E-state index in [0.717, 1.165) is 16.7 Å². The summed E-state index contributed by atoms with van der Waals surface area (Å²) in [5.41, 5.74) is 2.91. The molecule has 1 heterocycles. The van der Waals surface area contributed by atoms with Gasteiger partial charge in [0.15, 0.2) is 0 Å². The first kappa shape index (κ1) is 13.5. The molecule has 104 valence electrons. The number of nitrogens with zero attached hydrogens (tertiary/aromatic N) is 3. The lowest BCUT2D eigenvalue weighted by atomic mass is 10.2. The van der Waals surface area contributed by atoms with Gasteiger partial charge in [0.25, 0.3) is 5.91 Å². The lowest BCUT2D eigenvalue weighted by Crippen LogP contribution is -2.26. The van der Waals surface area contributed by atoms with Crippen molar-refractivity contribution in [2.24, 2.45) is 0 Å². The van der Waals surface area contributed by atoms with Gasteiger partial charge in [-0.25, -0.2) is 0 Å². The molecular formula is C16H12ClN3O. The normalized spacial score (nSPS) is 10.6. The van der Waals surface area contributed by atoms with Crippen LogP contribution in [-0.4, -0.2) is 22.9 Å². The average molecular weight is 298 g/mol. The van der Waals surface area contributed by atoms with Crippen molar-refractivity contribution in [1.82, 2.24) is 9.97 Å². The molecule has 0 aliphatic heterocycles. The van der Waals surface area contributed by atoms with Gasteiger partial charge in [-0.05, 0) is 42.5 Å². The minimum Gasteiger partial charge on any atom is -0.311 e. The van der Waals surface area contributed by atoms with E-state index in [1.165, 1.54) is 0 Å². The van der Waals surface area contributed by atoms with Gasteiger partial charge < -0.3 is 4.90 Å². The molecule has 4 nitrogen and oxygen atoms in total. The van der Waals surface area contributed by atoms with Crippen LogP contribution in [0.3, 0.4) is 0 Å². The smallest absolute Gasteiger partial charge is 0.258 e. The Labute approximate surface area is 127 Å². The van der Waals surface area contributed by atoms with E-state index in [0.29, 0.717) is 10.6 Å². The maximum Gasteiger partial charge on any atom is 0.258 e. The Balaban J connectivity index is 1.93. The number of hydrogen-bond acceptors (Lipinski definition) is 3. The number of carbonyl (C=O) groups excluding carboxylic acids is 1. The highest BCUT2D eigenvalue weighted by molar-refractivity contribution is 6.30. The van der Waals surface area contributed by atoms with Crippen LogP contribution in [0, 0.1) is 0 Å². The number of aromatic nitrogens is 2. The molecule has 0 saturated heterocycles. The average Bonchev–Trinajstić information content (AvgIpc) is 2.54.